The van der Waals surface area contributed by atoms with E-state index in [0.29, 0.717) is 32.9 Å². The van der Waals surface area contributed by atoms with Crippen molar-refractivity contribution in [3.05, 3.63) is 35.4 Å². The summed E-state index contributed by atoms with van der Waals surface area (Å²) in [5.74, 6) is -1.66. The molecule has 2 rings (SSSR count). The molecule has 0 spiro atoms. The van der Waals surface area contributed by atoms with Gasteiger partial charge in [-0.1, -0.05) is 0 Å². The molecular weight excluding hydrogens is 280 g/mol. The van der Waals surface area contributed by atoms with Gasteiger partial charge >= 0.3 is 0 Å². The minimum absolute atomic E-state index is 0.0858. The summed E-state index contributed by atoms with van der Waals surface area (Å²) in [6.07, 6.45) is 0.821. The van der Waals surface area contributed by atoms with Crippen LogP contribution in [-0.4, -0.2) is 50.8 Å². The third-order valence-electron chi connectivity index (χ3n) is 3.52. The quantitative estimate of drug-likeness (QED) is 0.755. The van der Waals surface area contributed by atoms with Crippen molar-refractivity contribution in [1.82, 2.24) is 4.90 Å². The SMILES string of the molecule is COCCOCC1CCN(C(=O)c2ccc(F)cc2F)C1. The monoisotopic (exact) mass is 299 g/mol. The Morgan fingerprint density at radius 2 is 2.19 bits per heavy atom. The van der Waals surface area contributed by atoms with Crippen LogP contribution in [0.15, 0.2) is 18.2 Å². The molecule has 6 heteroatoms. The average Bonchev–Trinajstić information content (AvgIpc) is 2.92. The van der Waals surface area contributed by atoms with Crippen LogP contribution in [0.4, 0.5) is 8.78 Å². The average molecular weight is 299 g/mol. The first-order valence-electron chi connectivity index (χ1n) is 6.93. The topological polar surface area (TPSA) is 38.8 Å². The molecule has 4 nitrogen and oxygen atoms in total. The Bertz CT molecular complexity index is 496. The van der Waals surface area contributed by atoms with E-state index in [9.17, 15) is 13.6 Å². The van der Waals surface area contributed by atoms with Crippen LogP contribution in [-0.2, 0) is 9.47 Å². The van der Waals surface area contributed by atoms with Crippen LogP contribution < -0.4 is 0 Å². The van der Waals surface area contributed by atoms with Gasteiger partial charge in [-0.15, -0.1) is 0 Å². The van der Waals surface area contributed by atoms with E-state index >= 15 is 0 Å². The Labute approximate surface area is 122 Å². The van der Waals surface area contributed by atoms with E-state index in [4.69, 9.17) is 9.47 Å². The summed E-state index contributed by atoms with van der Waals surface area (Å²) in [5.41, 5.74) is -0.0858. The van der Waals surface area contributed by atoms with Crippen molar-refractivity contribution < 1.29 is 23.0 Å². The van der Waals surface area contributed by atoms with Gasteiger partial charge in [0.1, 0.15) is 11.6 Å². The van der Waals surface area contributed by atoms with Crippen LogP contribution in [0.1, 0.15) is 16.8 Å². The van der Waals surface area contributed by atoms with Gasteiger partial charge < -0.3 is 14.4 Å². The normalized spacial score (nSPS) is 18.2. The molecule has 1 atom stereocenters. The van der Waals surface area contributed by atoms with E-state index in [1.807, 2.05) is 0 Å². The molecule has 21 heavy (non-hydrogen) atoms. The molecule has 1 fully saturated rings. The van der Waals surface area contributed by atoms with Crippen LogP contribution in [0.3, 0.4) is 0 Å². The Morgan fingerprint density at radius 1 is 1.38 bits per heavy atom. The van der Waals surface area contributed by atoms with Gasteiger partial charge in [0.25, 0.3) is 5.91 Å². The minimum Gasteiger partial charge on any atom is -0.382 e. The predicted molar refractivity (Wildman–Crippen MR) is 73.1 cm³/mol. The fourth-order valence-corrected chi connectivity index (χ4v) is 2.38. The number of carbonyl (C=O) groups is 1. The van der Waals surface area contributed by atoms with E-state index in [1.54, 1.807) is 12.0 Å². The Hall–Kier alpha value is -1.53. The molecule has 1 aliphatic heterocycles. The second-order valence-electron chi connectivity index (χ2n) is 5.10. The summed E-state index contributed by atoms with van der Waals surface area (Å²) in [6.45, 7) is 2.71. The van der Waals surface area contributed by atoms with Gasteiger partial charge in [0.05, 0.1) is 25.4 Å². The Balaban J connectivity index is 1.87. The second-order valence-corrected chi connectivity index (χ2v) is 5.10. The smallest absolute Gasteiger partial charge is 0.256 e. The lowest BCUT2D eigenvalue weighted by Crippen LogP contribution is -2.30. The number of benzene rings is 1. The van der Waals surface area contributed by atoms with Crippen LogP contribution in [0.25, 0.3) is 0 Å². The summed E-state index contributed by atoms with van der Waals surface area (Å²) in [5, 5.41) is 0. The maximum Gasteiger partial charge on any atom is 0.256 e. The molecule has 1 amide bonds. The fraction of sp³-hybridized carbons (Fsp3) is 0.533. The fourth-order valence-electron chi connectivity index (χ4n) is 2.38. The lowest BCUT2D eigenvalue weighted by atomic mass is 10.1. The highest BCUT2D eigenvalue weighted by Crippen LogP contribution is 2.20. The Kier molecular flexibility index (Phi) is 5.64. The number of amides is 1. The zero-order chi connectivity index (χ0) is 15.2. The molecule has 1 heterocycles. The summed E-state index contributed by atoms with van der Waals surface area (Å²) in [6, 6.07) is 3.02. The molecule has 0 saturated carbocycles. The zero-order valence-corrected chi connectivity index (χ0v) is 12.0. The highest BCUT2D eigenvalue weighted by Gasteiger charge is 2.28. The predicted octanol–water partition coefficient (Wildman–Crippen LogP) is 2.09. The van der Waals surface area contributed by atoms with Crippen molar-refractivity contribution in [2.24, 2.45) is 5.92 Å². The number of likely N-dealkylation sites (tertiary alicyclic amines) is 1. The highest BCUT2D eigenvalue weighted by molar-refractivity contribution is 5.94. The second kappa shape index (κ2) is 7.47. The third-order valence-corrected chi connectivity index (χ3v) is 3.52. The first-order valence-corrected chi connectivity index (χ1v) is 6.93. The van der Waals surface area contributed by atoms with Gasteiger partial charge in [0.15, 0.2) is 0 Å². The van der Waals surface area contributed by atoms with E-state index in [2.05, 4.69) is 0 Å². The maximum atomic E-state index is 13.6. The lowest BCUT2D eigenvalue weighted by Gasteiger charge is -2.17. The van der Waals surface area contributed by atoms with Gasteiger partial charge in [0.2, 0.25) is 0 Å². The lowest BCUT2D eigenvalue weighted by molar-refractivity contribution is 0.0515. The summed E-state index contributed by atoms with van der Waals surface area (Å²) in [7, 11) is 1.61. The van der Waals surface area contributed by atoms with E-state index in [-0.39, 0.29) is 11.5 Å². The van der Waals surface area contributed by atoms with Gasteiger partial charge in [-0.05, 0) is 18.6 Å². The standard InChI is InChI=1S/C15H19F2NO3/c1-20-6-7-21-10-11-4-5-18(9-11)15(19)13-3-2-12(16)8-14(13)17/h2-3,8,11H,4-7,9-10H2,1H3. The van der Waals surface area contributed by atoms with Gasteiger partial charge in [0, 0.05) is 32.2 Å². The molecule has 1 aromatic rings. The Morgan fingerprint density at radius 3 is 2.90 bits per heavy atom. The van der Waals surface area contributed by atoms with Crippen molar-refractivity contribution in [3.63, 3.8) is 0 Å². The van der Waals surface area contributed by atoms with Crippen LogP contribution in [0, 0.1) is 17.6 Å². The van der Waals surface area contributed by atoms with E-state index < -0.39 is 17.5 Å². The van der Waals surface area contributed by atoms with Crippen molar-refractivity contribution >= 4 is 5.91 Å². The molecule has 0 aromatic heterocycles. The number of rotatable bonds is 6. The molecule has 0 radical (unpaired) electrons. The summed E-state index contributed by atoms with van der Waals surface area (Å²) >= 11 is 0. The minimum atomic E-state index is -0.820. The van der Waals surface area contributed by atoms with E-state index in [1.165, 1.54) is 6.07 Å². The van der Waals surface area contributed by atoms with Crippen molar-refractivity contribution in [3.8, 4) is 0 Å². The van der Waals surface area contributed by atoms with E-state index in [0.717, 1.165) is 18.6 Å². The van der Waals surface area contributed by atoms with Gasteiger partial charge in [-0.25, -0.2) is 8.78 Å². The number of methoxy groups -OCH3 is 1. The van der Waals surface area contributed by atoms with Crippen molar-refractivity contribution in [1.29, 1.82) is 0 Å². The highest BCUT2D eigenvalue weighted by atomic mass is 19.1. The number of hydrogen-bond acceptors (Lipinski definition) is 3. The molecule has 0 N–H and O–H groups in total. The molecule has 1 aliphatic rings. The first kappa shape index (κ1) is 15.9. The van der Waals surface area contributed by atoms with Crippen molar-refractivity contribution in [2.45, 2.75) is 6.42 Å². The molecule has 1 aromatic carbocycles. The van der Waals surface area contributed by atoms with Gasteiger partial charge in [-0.3, -0.25) is 4.79 Å². The largest absolute Gasteiger partial charge is 0.382 e. The molecule has 116 valence electrons. The van der Waals surface area contributed by atoms with Gasteiger partial charge in [-0.2, -0.15) is 0 Å². The third kappa shape index (κ3) is 4.22. The van der Waals surface area contributed by atoms with Crippen molar-refractivity contribution in [2.75, 3.05) is 40.0 Å². The maximum absolute atomic E-state index is 13.6. The number of ether oxygens (including phenoxy) is 2. The molecule has 1 unspecified atom stereocenters. The van der Waals surface area contributed by atoms with Crippen LogP contribution >= 0.6 is 0 Å². The first-order chi connectivity index (χ1) is 10.1. The van der Waals surface area contributed by atoms with Crippen LogP contribution in [0.2, 0.25) is 0 Å². The number of carbonyl (C=O) groups excluding carboxylic acids is 1. The summed E-state index contributed by atoms with van der Waals surface area (Å²) in [4.78, 5) is 13.8. The molecular formula is C15H19F2NO3. The molecule has 0 aliphatic carbocycles. The number of halogens is 2. The number of hydrogen-bond donors (Lipinski definition) is 0. The number of nitrogens with zero attached hydrogens (tertiary/aromatic N) is 1. The molecule has 1 saturated heterocycles. The molecule has 0 bridgehead atoms. The zero-order valence-electron chi connectivity index (χ0n) is 12.0. The van der Waals surface area contributed by atoms with Crippen LogP contribution in [0.5, 0.6) is 0 Å². The summed E-state index contributed by atoms with van der Waals surface area (Å²) < 4.78 is 36.8.